The van der Waals surface area contributed by atoms with Gasteiger partial charge >= 0.3 is 0 Å². The second-order valence-corrected chi connectivity index (χ2v) is 3.48. The van der Waals surface area contributed by atoms with Gasteiger partial charge in [-0.25, -0.2) is 0 Å². The van der Waals surface area contributed by atoms with Crippen molar-refractivity contribution >= 4 is 17.3 Å². The van der Waals surface area contributed by atoms with Crippen molar-refractivity contribution in [2.45, 2.75) is 0 Å². The van der Waals surface area contributed by atoms with Gasteiger partial charge in [0.2, 0.25) is 0 Å². The topological polar surface area (TPSA) is 26.0 Å². The molecule has 0 atom stereocenters. The molecule has 0 fully saturated rings. The molecule has 0 saturated heterocycles. The molecule has 1 radical (unpaired) electrons. The first-order valence-electron chi connectivity index (χ1n) is 4.29. The van der Waals surface area contributed by atoms with E-state index in [2.05, 4.69) is 6.07 Å². The minimum atomic E-state index is 0.650. The summed E-state index contributed by atoms with van der Waals surface area (Å²) < 4.78 is 0. The summed E-state index contributed by atoms with van der Waals surface area (Å²) in [5.41, 5.74) is 8.48. The van der Waals surface area contributed by atoms with E-state index in [0.717, 1.165) is 16.1 Å². The van der Waals surface area contributed by atoms with Crippen LogP contribution in [0.2, 0.25) is 5.02 Å². The van der Waals surface area contributed by atoms with Crippen LogP contribution in [0.1, 0.15) is 0 Å². The van der Waals surface area contributed by atoms with Gasteiger partial charge in [0, 0.05) is 16.8 Å². The van der Waals surface area contributed by atoms with E-state index in [9.17, 15) is 0 Å². The molecule has 0 aliphatic heterocycles. The van der Waals surface area contributed by atoms with Crippen LogP contribution < -0.4 is 5.73 Å². The highest BCUT2D eigenvalue weighted by atomic mass is 35.5. The molecule has 0 spiro atoms. The first kappa shape index (κ1) is 9.10. The van der Waals surface area contributed by atoms with Crippen molar-refractivity contribution in [3.8, 4) is 11.1 Å². The Labute approximate surface area is 88.1 Å². The number of nitrogen functional groups attached to an aromatic ring is 1. The lowest BCUT2D eigenvalue weighted by atomic mass is 10.1. The molecule has 2 aromatic rings. The highest BCUT2D eigenvalue weighted by Gasteiger charge is 1.97. The van der Waals surface area contributed by atoms with E-state index in [-0.39, 0.29) is 0 Å². The quantitative estimate of drug-likeness (QED) is 0.705. The predicted molar refractivity (Wildman–Crippen MR) is 60.1 cm³/mol. The molecule has 0 aliphatic carbocycles. The van der Waals surface area contributed by atoms with Gasteiger partial charge < -0.3 is 5.73 Å². The Bertz CT molecular complexity index is 434. The monoisotopic (exact) mass is 202 g/mol. The zero-order valence-electron chi connectivity index (χ0n) is 7.50. The molecule has 0 aromatic heterocycles. The summed E-state index contributed by atoms with van der Waals surface area (Å²) in [6, 6.07) is 16.3. The smallest absolute Gasteiger partial charge is 0.0406 e. The number of halogens is 1. The molecule has 2 rings (SSSR count). The van der Waals surface area contributed by atoms with E-state index in [0.29, 0.717) is 5.69 Å². The number of hydrogen-bond donors (Lipinski definition) is 1. The largest absolute Gasteiger partial charge is 0.398 e. The molecule has 14 heavy (non-hydrogen) atoms. The van der Waals surface area contributed by atoms with Crippen LogP contribution in [0.3, 0.4) is 0 Å². The van der Waals surface area contributed by atoms with Crippen molar-refractivity contribution in [3.63, 3.8) is 0 Å². The van der Waals surface area contributed by atoms with E-state index in [4.69, 9.17) is 17.3 Å². The van der Waals surface area contributed by atoms with Gasteiger partial charge in [0.15, 0.2) is 0 Å². The summed E-state index contributed by atoms with van der Waals surface area (Å²) in [5, 5.41) is 0.740. The fraction of sp³-hybridized carbons (Fsp3) is 0. The van der Waals surface area contributed by atoms with Crippen molar-refractivity contribution < 1.29 is 0 Å². The highest BCUT2D eigenvalue weighted by Crippen LogP contribution is 2.22. The van der Waals surface area contributed by atoms with E-state index in [1.165, 1.54) is 0 Å². The third-order valence-electron chi connectivity index (χ3n) is 2.00. The second kappa shape index (κ2) is 3.72. The summed E-state index contributed by atoms with van der Waals surface area (Å²) in [6.45, 7) is 0. The SMILES string of the molecule is Nc1[c]ccc(-c2ccc(Cl)cc2)c1. The Morgan fingerprint density at radius 3 is 2.36 bits per heavy atom. The van der Waals surface area contributed by atoms with Gasteiger partial charge in [-0.15, -0.1) is 0 Å². The van der Waals surface area contributed by atoms with Crippen LogP contribution in [0.25, 0.3) is 11.1 Å². The number of anilines is 1. The maximum Gasteiger partial charge on any atom is 0.0406 e. The Kier molecular flexibility index (Phi) is 2.42. The Balaban J connectivity index is 2.44. The summed E-state index contributed by atoms with van der Waals surface area (Å²) >= 11 is 5.80. The zero-order valence-corrected chi connectivity index (χ0v) is 8.25. The summed E-state index contributed by atoms with van der Waals surface area (Å²) in [7, 11) is 0. The van der Waals surface area contributed by atoms with Crippen molar-refractivity contribution in [2.24, 2.45) is 0 Å². The first-order chi connectivity index (χ1) is 6.75. The Hall–Kier alpha value is -1.47. The normalized spacial score (nSPS) is 10.1. The van der Waals surface area contributed by atoms with Crippen LogP contribution in [0.4, 0.5) is 5.69 Å². The van der Waals surface area contributed by atoms with Crippen LogP contribution in [-0.2, 0) is 0 Å². The zero-order chi connectivity index (χ0) is 9.97. The van der Waals surface area contributed by atoms with Crippen molar-refractivity contribution in [1.29, 1.82) is 0 Å². The fourth-order valence-corrected chi connectivity index (χ4v) is 1.43. The molecular weight excluding hydrogens is 194 g/mol. The molecule has 1 nitrogen and oxygen atoms in total. The lowest BCUT2D eigenvalue weighted by Crippen LogP contribution is -1.85. The van der Waals surface area contributed by atoms with Gasteiger partial charge in [0.1, 0.15) is 0 Å². The Morgan fingerprint density at radius 1 is 1.00 bits per heavy atom. The van der Waals surface area contributed by atoms with E-state index in [1.807, 2.05) is 42.5 Å². The maximum absolute atomic E-state index is 5.80. The molecule has 0 bridgehead atoms. The summed E-state index contributed by atoms with van der Waals surface area (Å²) in [4.78, 5) is 0. The van der Waals surface area contributed by atoms with Gasteiger partial charge in [-0.3, -0.25) is 0 Å². The number of rotatable bonds is 1. The highest BCUT2D eigenvalue weighted by molar-refractivity contribution is 6.30. The van der Waals surface area contributed by atoms with Crippen LogP contribution in [0.5, 0.6) is 0 Å². The lowest BCUT2D eigenvalue weighted by molar-refractivity contribution is 1.60. The van der Waals surface area contributed by atoms with E-state index in [1.54, 1.807) is 0 Å². The maximum atomic E-state index is 5.80. The van der Waals surface area contributed by atoms with Crippen molar-refractivity contribution in [3.05, 3.63) is 53.6 Å². The minimum Gasteiger partial charge on any atom is -0.398 e. The van der Waals surface area contributed by atoms with Crippen LogP contribution in [-0.4, -0.2) is 0 Å². The van der Waals surface area contributed by atoms with E-state index < -0.39 is 0 Å². The van der Waals surface area contributed by atoms with Gasteiger partial charge in [-0.05, 0) is 29.3 Å². The van der Waals surface area contributed by atoms with Crippen LogP contribution in [0, 0.1) is 6.07 Å². The summed E-state index contributed by atoms with van der Waals surface area (Å²) in [6.07, 6.45) is 0. The predicted octanol–water partition coefficient (Wildman–Crippen LogP) is 3.39. The minimum absolute atomic E-state index is 0.650. The van der Waals surface area contributed by atoms with Gasteiger partial charge in [0.25, 0.3) is 0 Å². The molecule has 0 unspecified atom stereocenters. The third-order valence-corrected chi connectivity index (χ3v) is 2.25. The second-order valence-electron chi connectivity index (χ2n) is 3.04. The Morgan fingerprint density at radius 2 is 1.71 bits per heavy atom. The average molecular weight is 203 g/mol. The van der Waals surface area contributed by atoms with Gasteiger partial charge in [-0.2, -0.15) is 0 Å². The fourth-order valence-electron chi connectivity index (χ4n) is 1.31. The first-order valence-corrected chi connectivity index (χ1v) is 4.67. The van der Waals surface area contributed by atoms with Gasteiger partial charge in [-0.1, -0.05) is 35.9 Å². The van der Waals surface area contributed by atoms with Crippen molar-refractivity contribution in [2.75, 3.05) is 5.73 Å². The number of nitrogens with two attached hydrogens (primary N) is 1. The lowest BCUT2D eigenvalue weighted by Gasteiger charge is -2.02. The molecule has 2 N–H and O–H groups in total. The molecule has 0 amide bonds. The third kappa shape index (κ3) is 1.88. The van der Waals surface area contributed by atoms with Crippen molar-refractivity contribution in [1.82, 2.24) is 0 Å². The molecule has 69 valence electrons. The molecule has 0 saturated carbocycles. The molecule has 0 aliphatic rings. The number of hydrogen-bond acceptors (Lipinski definition) is 1. The molecule has 2 heteroatoms. The molecule has 0 heterocycles. The standard InChI is InChI=1S/C12H9ClN/c13-11-6-4-9(5-7-11)10-2-1-3-12(14)8-10/h1-2,4-8H,14H2. The van der Waals surface area contributed by atoms with E-state index >= 15 is 0 Å². The summed E-state index contributed by atoms with van der Waals surface area (Å²) in [5.74, 6) is 0. The van der Waals surface area contributed by atoms with Gasteiger partial charge in [0.05, 0.1) is 0 Å². The number of benzene rings is 2. The van der Waals surface area contributed by atoms with Crippen LogP contribution >= 0.6 is 11.6 Å². The average Bonchev–Trinajstić information content (AvgIpc) is 2.19. The van der Waals surface area contributed by atoms with Crippen LogP contribution in [0.15, 0.2) is 42.5 Å². The molecule has 2 aromatic carbocycles. The molecular formula is C12H9ClN.